The van der Waals surface area contributed by atoms with Crippen LogP contribution < -0.4 is 10.5 Å². The molecule has 2 atom stereocenters. The summed E-state index contributed by atoms with van der Waals surface area (Å²) in [5, 5.41) is 0. The molecular weight excluding hydrogens is 274 g/mol. The summed E-state index contributed by atoms with van der Waals surface area (Å²) in [5.74, 6) is 0.213. The summed E-state index contributed by atoms with van der Waals surface area (Å²) in [6.45, 7) is 1.33. The van der Waals surface area contributed by atoms with E-state index in [1.807, 2.05) is 12.1 Å². The standard InChI is InChI=1S/C16H24F2N2O/c1-12(20-10-2-3-14(20)11-19)4-5-13-6-8-15(9-7-13)21-16(17)18/h6-9,12,14,16H,2-5,10-11,19H2,1H3. The molecule has 118 valence electrons. The average Bonchev–Trinajstić information content (AvgIpc) is 2.94. The molecule has 3 nitrogen and oxygen atoms in total. The zero-order chi connectivity index (χ0) is 15.2. The number of rotatable bonds is 7. The molecule has 0 bridgehead atoms. The van der Waals surface area contributed by atoms with Gasteiger partial charge in [-0.05, 0) is 56.8 Å². The molecule has 1 aliphatic heterocycles. The fraction of sp³-hybridized carbons (Fsp3) is 0.625. The van der Waals surface area contributed by atoms with Crippen LogP contribution in [-0.4, -0.2) is 36.7 Å². The lowest BCUT2D eigenvalue weighted by atomic mass is 10.0. The molecule has 5 heteroatoms. The fourth-order valence-corrected chi connectivity index (χ4v) is 3.07. The summed E-state index contributed by atoms with van der Waals surface area (Å²) in [4.78, 5) is 2.49. The first kappa shape index (κ1) is 16.2. The molecule has 1 aromatic rings. The van der Waals surface area contributed by atoms with Gasteiger partial charge < -0.3 is 10.5 Å². The first-order valence-electron chi connectivity index (χ1n) is 7.59. The minimum Gasteiger partial charge on any atom is -0.435 e. The molecule has 1 aromatic carbocycles. The summed E-state index contributed by atoms with van der Waals surface area (Å²) in [5.41, 5.74) is 6.95. The number of alkyl halides is 2. The SMILES string of the molecule is CC(CCc1ccc(OC(F)F)cc1)N1CCCC1CN. The van der Waals surface area contributed by atoms with Crippen molar-refractivity contribution in [3.05, 3.63) is 29.8 Å². The van der Waals surface area contributed by atoms with Crippen LogP contribution >= 0.6 is 0 Å². The van der Waals surface area contributed by atoms with Crippen LogP contribution in [0.2, 0.25) is 0 Å². The molecular formula is C16H24F2N2O. The highest BCUT2D eigenvalue weighted by molar-refractivity contribution is 5.27. The second-order valence-electron chi connectivity index (χ2n) is 5.68. The van der Waals surface area contributed by atoms with Gasteiger partial charge in [-0.2, -0.15) is 8.78 Å². The van der Waals surface area contributed by atoms with E-state index in [9.17, 15) is 8.78 Å². The molecule has 0 radical (unpaired) electrons. The highest BCUT2D eigenvalue weighted by Crippen LogP contribution is 2.22. The Morgan fingerprint density at radius 2 is 2.05 bits per heavy atom. The van der Waals surface area contributed by atoms with Crippen molar-refractivity contribution in [2.75, 3.05) is 13.1 Å². The number of halogens is 2. The van der Waals surface area contributed by atoms with Gasteiger partial charge >= 0.3 is 6.61 Å². The number of benzene rings is 1. The van der Waals surface area contributed by atoms with Crippen molar-refractivity contribution in [1.29, 1.82) is 0 Å². The maximum Gasteiger partial charge on any atom is 0.387 e. The van der Waals surface area contributed by atoms with Gasteiger partial charge in [0.05, 0.1) is 0 Å². The molecule has 1 heterocycles. The first-order valence-corrected chi connectivity index (χ1v) is 7.59. The van der Waals surface area contributed by atoms with Gasteiger partial charge in [0.1, 0.15) is 5.75 Å². The Bertz CT molecular complexity index is 425. The predicted octanol–water partition coefficient (Wildman–Crippen LogP) is 3.03. The van der Waals surface area contributed by atoms with Gasteiger partial charge in [0.25, 0.3) is 0 Å². The summed E-state index contributed by atoms with van der Waals surface area (Å²) >= 11 is 0. The van der Waals surface area contributed by atoms with Crippen molar-refractivity contribution in [2.45, 2.75) is 51.3 Å². The maximum absolute atomic E-state index is 12.1. The minimum atomic E-state index is -2.76. The van der Waals surface area contributed by atoms with E-state index in [0.717, 1.165) is 31.5 Å². The Morgan fingerprint density at radius 1 is 1.33 bits per heavy atom. The second-order valence-corrected chi connectivity index (χ2v) is 5.68. The monoisotopic (exact) mass is 298 g/mol. The first-order chi connectivity index (χ1) is 10.1. The molecule has 0 saturated carbocycles. The number of nitrogens with two attached hydrogens (primary N) is 1. The molecule has 0 aliphatic carbocycles. The zero-order valence-electron chi connectivity index (χ0n) is 12.5. The van der Waals surface area contributed by atoms with Gasteiger partial charge in [0, 0.05) is 18.6 Å². The maximum atomic E-state index is 12.1. The number of hydrogen-bond donors (Lipinski definition) is 1. The molecule has 0 amide bonds. The molecule has 1 saturated heterocycles. The summed E-state index contributed by atoms with van der Waals surface area (Å²) in [6, 6.07) is 7.93. The Kier molecular flexibility index (Phi) is 5.94. The smallest absolute Gasteiger partial charge is 0.387 e. The van der Waals surface area contributed by atoms with Gasteiger partial charge in [0.2, 0.25) is 0 Å². The van der Waals surface area contributed by atoms with Gasteiger partial charge in [-0.3, -0.25) is 4.90 Å². The number of aryl methyl sites for hydroxylation is 1. The van der Waals surface area contributed by atoms with Crippen LogP contribution in [0.15, 0.2) is 24.3 Å². The van der Waals surface area contributed by atoms with Crippen LogP contribution in [0.4, 0.5) is 8.78 Å². The van der Waals surface area contributed by atoms with E-state index in [2.05, 4.69) is 16.6 Å². The number of nitrogens with zero attached hydrogens (tertiary/aromatic N) is 1. The molecule has 2 rings (SSSR count). The van der Waals surface area contributed by atoms with Gasteiger partial charge in [-0.25, -0.2) is 0 Å². The Balaban J connectivity index is 1.82. The lowest BCUT2D eigenvalue weighted by Gasteiger charge is -2.30. The van der Waals surface area contributed by atoms with E-state index in [1.54, 1.807) is 12.1 Å². The van der Waals surface area contributed by atoms with Crippen LogP contribution in [0.3, 0.4) is 0 Å². The zero-order valence-corrected chi connectivity index (χ0v) is 12.5. The van der Waals surface area contributed by atoms with Crippen LogP contribution in [0.25, 0.3) is 0 Å². The number of ether oxygens (including phenoxy) is 1. The molecule has 2 N–H and O–H groups in total. The van der Waals surface area contributed by atoms with E-state index in [-0.39, 0.29) is 5.75 Å². The van der Waals surface area contributed by atoms with Gasteiger partial charge in [0.15, 0.2) is 0 Å². The Morgan fingerprint density at radius 3 is 2.67 bits per heavy atom. The van der Waals surface area contributed by atoms with E-state index in [4.69, 9.17) is 5.73 Å². The third kappa shape index (κ3) is 4.64. The largest absolute Gasteiger partial charge is 0.435 e. The average molecular weight is 298 g/mol. The van der Waals surface area contributed by atoms with Crippen molar-refractivity contribution < 1.29 is 13.5 Å². The van der Waals surface area contributed by atoms with Crippen LogP contribution in [-0.2, 0) is 6.42 Å². The summed E-state index contributed by atoms with van der Waals surface area (Å²) in [7, 11) is 0. The summed E-state index contributed by atoms with van der Waals surface area (Å²) < 4.78 is 28.5. The molecule has 1 fully saturated rings. The van der Waals surface area contributed by atoms with Crippen LogP contribution in [0.1, 0.15) is 31.7 Å². The normalized spacial score (nSPS) is 20.9. The molecule has 0 spiro atoms. The van der Waals surface area contributed by atoms with E-state index in [1.165, 1.54) is 12.8 Å². The van der Waals surface area contributed by atoms with Crippen LogP contribution in [0, 0.1) is 0 Å². The third-order valence-corrected chi connectivity index (χ3v) is 4.26. The minimum absolute atomic E-state index is 0.213. The van der Waals surface area contributed by atoms with E-state index >= 15 is 0 Å². The molecule has 21 heavy (non-hydrogen) atoms. The molecule has 2 unspecified atom stereocenters. The number of likely N-dealkylation sites (tertiary alicyclic amines) is 1. The number of hydrogen-bond acceptors (Lipinski definition) is 3. The lowest BCUT2D eigenvalue weighted by molar-refractivity contribution is -0.0498. The van der Waals surface area contributed by atoms with Crippen molar-refractivity contribution >= 4 is 0 Å². The quantitative estimate of drug-likeness (QED) is 0.841. The van der Waals surface area contributed by atoms with Crippen molar-refractivity contribution in [1.82, 2.24) is 4.90 Å². The predicted molar refractivity (Wildman–Crippen MR) is 79.6 cm³/mol. The van der Waals surface area contributed by atoms with Crippen molar-refractivity contribution in [3.63, 3.8) is 0 Å². The Labute approximate surface area is 125 Å². The lowest BCUT2D eigenvalue weighted by Crippen LogP contribution is -2.41. The summed E-state index contributed by atoms with van der Waals surface area (Å²) in [6.07, 6.45) is 4.40. The van der Waals surface area contributed by atoms with Crippen LogP contribution in [0.5, 0.6) is 5.75 Å². The van der Waals surface area contributed by atoms with Crippen molar-refractivity contribution in [2.24, 2.45) is 5.73 Å². The van der Waals surface area contributed by atoms with Gasteiger partial charge in [-0.1, -0.05) is 12.1 Å². The molecule has 1 aliphatic rings. The topological polar surface area (TPSA) is 38.5 Å². The van der Waals surface area contributed by atoms with Gasteiger partial charge in [-0.15, -0.1) is 0 Å². The van der Waals surface area contributed by atoms with E-state index in [0.29, 0.717) is 12.1 Å². The third-order valence-electron chi connectivity index (χ3n) is 4.26. The fourth-order valence-electron chi connectivity index (χ4n) is 3.07. The highest BCUT2D eigenvalue weighted by Gasteiger charge is 2.26. The highest BCUT2D eigenvalue weighted by atomic mass is 19.3. The van der Waals surface area contributed by atoms with Crippen molar-refractivity contribution in [3.8, 4) is 5.75 Å². The molecule has 0 aromatic heterocycles. The Hall–Kier alpha value is -1.20. The van der Waals surface area contributed by atoms with E-state index < -0.39 is 6.61 Å². The second kappa shape index (κ2) is 7.71.